The Hall–Kier alpha value is -2.77. The predicted molar refractivity (Wildman–Crippen MR) is 127 cm³/mol. The summed E-state index contributed by atoms with van der Waals surface area (Å²) in [4.78, 5) is 19.9. The molecule has 7 heteroatoms. The summed E-state index contributed by atoms with van der Waals surface area (Å²) in [6, 6.07) is 16.6. The molecule has 7 nitrogen and oxygen atoms in total. The number of piperidine rings is 1. The van der Waals surface area contributed by atoms with Crippen molar-refractivity contribution in [1.82, 2.24) is 25.0 Å². The van der Waals surface area contributed by atoms with Gasteiger partial charge in [-0.15, -0.1) is 0 Å². The first-order chi connectivity index (χ1) is 16.2. The van der Waals surface area contributed by atoms with E-state index in [1.807, 2.05) is 12.1 Å². The van der Waals surface area contributed by atoms with Crippen molar-refractivity contribution in [3.63, 3.8) is 0 Å². The Morgan fingerprint density at radius 1 is 0.909 bits per heavy atom. The van der Waals surface area contributed by atoms with Crippen LogP contribution >= 0.6 is 0 Å². The van der Waals surface area contributed by atoms with E-state index in [1.54, 1.807) is 0 Å². The van der Waals surface area contributed by atoms with Gasteiger partial charge in [0.25, 0.3) is 0 Å². The minimum atomic E-state index is 0.324. The number of benzene rings is 2. The number of fused-ring (bicyclic) bond motifs is 1. The van der Waals surface area contributed by atoms with Crippen LogP contribution < -0.4 is 0 Å². The molecular weight excluding hydrogens is 414 g/mol. The van der Waals surface area contributed by atoms with Gasteiger partial charge >= 0.3 is 0 Å². The molecule has 0 saturated carbocycles. The molecule has 5 rings (SSSR count). The van der Waals surface area contributed by atoms with E-state index in [2.05, 4.69) is 61.4 Å². The lowest BCUT2D eigenvalue weighted by molar-refractivity contribution is -0.133. The molecule has 0 bridgehead atoms. The highest BCUT2D eigenvalue weighted by Gasteiger charge is 2.25. The molecule has 1 amide bonds. The zero-order valence-electron chi connectivity index (χ0n) is 19.2. The van der Waals surface area contributed by atoms with E-state index >= 15 is 0 Å². The van der Waals surface area contributed by atoms with Gasteiger partial charge in [-0.05, 0) is 59.2 Å². The van der Waals surface area contributed by atoms with Crippen LogP contribution in [0.5, 0.6) is 0 Å². The Bertz CT molecular complexity index is 1050. The SMILES string of the molecule is O=C(CC[C@H]1CCCN(Cc2cccc3nonc23)C1)N1CCN(Cc2ccccc2)CC1. The molecule has 0 unspecified atom stereocenters. The number of hydrogen-bond acceptors (Lipinski definition) is 6. The highest BCUT2D eigenvalue weighted by atomic mass is 16.6. The first-order valence-corrected chi connectivity index (χ1v) is 12.2. The van der Waals surface area contributed by atoms with Gasteiger partial charge in [-0.25, -0.2) is 4.63 Å². The lowest BCUT2D eigenvalue weighted by Crippen LogP contribution is -2.48. The van der Waals surface area contributed by atoms with Crippen LogP contribution in [0.1, 0.15) is 36.8 Å². The fraction of sp³-hybridized carbons (Fsp3) is 0.500. The zero-order valence-corrected chi connectivity index (χ0v) is 19.2. The van der Waals surface area contributed by atoms with Crippen molar-refractivity contribution in [3.05, 3.63) is 59.7 Å². The summed E-state index contributed by atoms with van der Waals surface area (Å²) in [6.45, 7) is 7.57. The summed E-state index contributed by atoms with van der Waals surface area (Å²) < 4.78 is 4.91. The van der Waals surface area contributed by atoms with E-state index in [4.69, 9.17) is 4.63 Å². The largest absolute Gasteiger partial charge is 0.340 e. The third-order valence-electron chi connectivity index (χ3n) is 7.11. The highest BCUT2D eigenvalue weighted by Crippen LogP contribution is 2.25. The van der Waals surface area contributed by atoms with Gasteiger partial charge in [0.1, 0.15) is 11.0 Å². The van der Waals surface area contributed by atoms with Crippen molar-refractivity contribution in [1.29, 1.82) is 0 Å². The Balaban J connectivity index is 1.06. The zero-order chi connectivity index (χ0) is 22.5. The number of rotatable bonds is 7. The quantitative estimate of drug-likeness (QED) is 0.552. The molecule has 2 fully saturated rings. The van der Waals surface area contributed by atoms with E-state index in [0.29, 0.717) is 18.2 Å². The van der Waals surface area contributed by atoms with E-state index in [9.17, 15) is 4.79 Å². The average molecular weight is 448 g/mol. The second-order valence-corrected chi connectivity index (χ2v) is 9.47. The molecule has 2 aliphatic heterocycles. The molecule has 3 aromatic rings. The lowest BCUT2D eigenvalue weighted by Gasteiger charge is -2.36. The molecule has 0 spiro atoms. The molecule has 0 radical (unpaired) electrons. The van der Waals surface area contributed by atoms with Crippen molar-refractivity contribution in [2.45, 2.75) is 38.8 Å². The van der Waals surface area contributed by atoms with Gasteiger partial charge in [0.15, 0.2) is 0 Å². The number of likely N-dealkylation sites (tertiary alicyclic amines) is 1. The van der Waals surface area contributed by atoms with Crippen LogP contribution in [0.3, 0.4) is 0 Å². The molecule has 0 aliphatic carbocycles. The highest BCUT2D eigenvalue weighted by molar-refractivity contribution is 5.77. The van der Waals surface area contributed by atoms with Crippen LogP contribution in [-0.4, -0.2) is 70.2 Å². The van der Waals surface area contributed by atoms with Crippen LogP contribution in [0.25, 0.3) is 11.0 Å². The van der Waals surface area contributed by atoms with Gasteiger partial charge in [-0.1, -0.05) is 42.5 Å². The summed E-state index contributed by atoms with van der Waals surface area (Å²) in [6.07, 6.45) is 4.05. The second kappa shape index (κ2) is 10.4. The summed E-state index contributed by atoms with van der Waals surface area (Å²) in [5.41, 5.74) is 4.19. The summed E-state index contributed by atoms with van der Waals surface area (Å²) in [5.74, 6) is 0.904. The summed E-state index contributed by atoms with van der Waals surface area (Å²) in [7, 11) is 0. The van der Waals surface area contributed by atoms with Gasteiger partial charge in [0.05, 0.1) is 0 Å². The number of carbonyl (C=O) groups is 1. The Morgan fingerprint density at radius 2 is 1.76 bits per heavy atom. The number of nitrogens with zero attached hydrogens (tertiary/aromatic N) is 5. The Morgan fingerprint density at radius 3 is 2.61 bits per heavy atom. The van der Waals surface area contributed by atoms with Gasteiger partial charge in [0.2, 0.25) is 5.91 Å². The minimum Gasteiger partial charge on any atom is -0.340 e. The third-order valence-corrected chi connectivity index (χ3v) is 7.11. The summed E-state index contributed by atoms with van der Waals surface area (Å²) >= 11 is 0. The van der Waals surface area contributed by atoms with Crippen molar-refractivity contribution in [2.75, 3.05) is 39.3 Å². The molecule has 3 heterocycles. The normalized spacial score (nSPS) is 20.4. The number of hydrogen-bond donors (Lipinski definition) is 0. The van der Waals surface area contributed by atoms with Crippen LogP contribution in [0.4, 0.5) is 0 Å². The standard InChI is InChI=1S/C26H33N5O2/c32-25(31-16-14-29(15-17-31)18-21-6-2-1-3-7-21)12-11-22-8-5-13-30(19-22)20-23-9-4-10-24-26(23)28-33-27-24/h1-4,6-7,9-10,22H,5,8,11-20H2/t22-/m1/s1. The van der Waals surface area contributed by atoms with Crippen molar-refractivity contribution >= 4 is 16.9 Å². The maximum atomic E-state index is 12.9. The van der Waals surface area contributed by atoms with Crippen molar-refractivity contribution in [3.8, 4) is 0 Å². The first-order valence-electron chi connectivity index (χ1n) is 12.2. The van der Waals surface area contributed by atoms with E-state index < -0.39 is 0 Å². The molecular formula is C26H33N5O2. The number of amides is 1. The van der Waals surface area contributed by atoms with E-state index in [0.717, 1.165) is 69.8 Å². The lowest BCUT2D eigenvalue weighted by atomic mass is 9.92. The smallest absolute Gasteiger partial charge is 0.222 e. The number of carbonyl (C=O) groups excluding carboxylic acids is 1. The molecule has 174 valence electrons. The molecule has 1 aromatic heterocycles. The molecule has 1 atom stereocenters. The molecule has 2 aromatic carbocycles. The van der Waals surface area contributed by atoms with Gasteiger partial charge in [-0.2, -0.15) is 0 Å². The maximum absolute atomic E-state index is 12.9. The number of aromatic nitrogens is 2. The molecule has 2 aliphatic rings. The fourth-order valence-corrected chi connectivity index (χ4v) is 5.24. The monoisotopic (exact) mass is 447 g/mol. The van der Waals surface area contributed by atoms with Crippen LogP contribution in [-0.2, 0) is 17.9 Å². The minimum absolute atomic E-state index is 0.324. The van der Waals surface area contributed by atoms with E-state index in [-0.39, 0.29) is 0 Å². The van der Waals surface area contributed by atoms with E-state index in [1.165, 1.54) is 24.0 Å². The summed E-state index contributed by atoms with van der Waals surface area (Å²) in [5, 5.41) is 8.03. The van der Waals surface area contributed by atoms with Gasteiger partial charge in [0, 0.05) is 52.2 Å². The Kier molecular flexibility index (Phi) is 6.98. The average Bonchev–Trinajstić information content (AvgIpc) is 3.34. The predicted octanol–water partition coefficient (Wildman–Crippen LogP) is 3.56. The second-order valence-electron chi connectivity index (χ2n) is 9.47. The van der Waals surface area contributed by atoms with Crippen molar-refractivity contribution < 1.29 is 9.42 Å². The third kappa shape index (κ3) is 5.60. The first kappa shape index (κ1) is 22.0. The number of piperazine rings is 1. The van der Waals surface area contributed by atoms with Gasteiger partial charge in [-0.3, -0.25) is 14.6 Å². The molecule has 0 N–H and O–H groups in total. The van der Waals surface area contributed by atoms with Crippen LogP contribution in [0.15, 0.2) is 53.2 Å². The van der Waals surface area contributed by atoms with Crippen molar-refractivity contribution in [2.24, 2.45) is 5.92 Å². The molecule has 33 heavy (non-hydrogen) atoms. The van der Waals surface area contributed by atoms with Crippen LogP contribution in [0.2, 0.25) is 0 Å². The topological polar surface area (TPSA) is 65.7 Å². The maximum Gasteiger partial charge on any atom is 0.222 e. The fourth-order valence-electron chi connectivity index (χ4n) is 5.24. The molecule has 2 saturated heterocycles. The Labute approximate surface area is 195 Å². The van der Waals surface area contributed by atoms with Gasteiger partial charge < -0.3 is 4.90 Å². The van der Waals surface area contributed by atoms with Crippen LogP contribution in [0, 0.1) is 5.92 Å².